The summed E-state index contributed by atoms with van der Waals surface area (Å²) in [7, 11) is 0. The van der Waals surface area contributed by atoms with Crippen LogP contribution in [0, 0.1) is 0 Å². The highest BCUT2D eigenvalue weighted by molar-refractivity contribution is 5.00. The SMILES string of the molecule is CCc1nc(CN2CCC[C@@H](NCc3nnc(C4CC4)o3)C2)no1. The Labute approximate surface area is 141 Å². The van der Waals surface area contributed by atoms with Gasteiger partial charge in [0.25, 0.3) is 0 Å². The van der Waals surface area contributed by atoms with Crippen LogP contribution in [0.1, 0.15) is 62.0 Å². The van der Waals surface area contributed by atoms with E-state index in [1.807, 2.05) is 6.92 Å². The molecule has 1 saturated heterocycles. The second kappa shape index (κ2) is 6.98. The van der Waals surface area contributed by atoms with Gasteiger partial charge in [0.15, 0.2) is 5.82 Å². The van der Waals surface area contributed by atoms with Crippen molar-refractivity contribution < 1.29 is 8.94 Å². The lowest BCUT2D eigenvalue weighted by molar-refractivity contribution is 0.175. The number of hydrogen-bond donors (Lipinski definition) is 1. The molecule has 1 saturated carbocycles. The zero-order valence-electron chi connectivity index (χ0n) is 14.1. The predicted octanol–water partition coefficient (Wildman–Crippen LogP) is 1.65. The highest BCUT2D eigenvalue weighted by Gasteiger charge is 2.29. The third kappa shape index (κ3) is 3.81. The minimum absolute atomic E-state index is 0.424. The van der Waals surface area contributed by atoms with Gasteiger partial charge in [0, 0.05) is 24.9 Å². The van der Waals surface area contributed by atoms with Crippen LogP contribution in [0.4, 0.5) is 0 Å². The molecule has 1 atom stereocenters. The van der Waals surface area contributed by atoms with Gasteiger partial charge >= 0.3 is 0 Å². The third-order valence-electron chi connectivity index (χ3n) is 4.63. The summed E-state index contributed by atoms with van der Waals surface area (Å²) in [5.74, 6) is 3.50. The Hall–Kier alpha value is -1.80. The minimum Gasteiger partial charge on any atom is -0.424 e. The maximum absolute atomic E-state index is 5.71. The van der Waals surface area contributed by atoms with Crippen LogP contribution >= 0.6 is 0 Å². The first-order valence-corrected chi connectivity index (χ1v) is 8.89. The number of hydrogen-bond acceptors (Lipinski definition) is 8. The molecule has 1 aliphatic carbocycles. The molecular formula is C16H24N6O2. The second-order valence-corrected chi connectivity index (χ2v) is 6.72. The van der Waals surface area contributed by atoms with Gasteiger partial charge in [-0.1, -0.05) is 12.1 Å². The Morgan fingerprint density at radius 1 is 1.21 bits per heavy atom. The van der Waals surface area contributed by atoms with Crippen molar-refractivity contribution in [2.24, 2.45) is 0 Å². The molecule has 2 fully saturated rings. The van der Waals surface area contributed by atoms with E-state index in [1.165, 1.54) is 12.8 Å². The molecule has 0 spiro atoms. The molecule has 24 heavy (non-hydrogen) atoms. The molecule has 0 unspecified atom stereocenters. The van der Waals surface area contributed by atoms with E-state index in [1.54, 1.807) is 0 Å². The van der Waals surface area contributed by atoms with Gasteiger partial charge in [-0.25, -0.2) is 0 Å². The van der Waals surface area contributed by atoms with Crippen LogP contribution in [-0.2, 0) is 19.5 Å². The molecule has 2 aromatic heterocycles. The van der Waals surface area contributed by atoms with Crippen LogP contribution in [0.25, 0.3) is 0 Å². The fraction of sp³-hybridized carbons (Fsp3) is 0.750. The van der Waals surface area contributed by atoms with E-state index in [9.17, 15) is 0 Å². The van der Waals surface area contributed by atoms with Gasteiger partial charge < -0.3 is 14.3 Å². The number of likely N-dealkylation sites (tertiary alicyclic amines) is 1. The van der Waals surface area contributed by atoms with Crippen LogP contribution < -0.4 is 5.32 Å². The van der Waals surface area contributed by atoms with Crippen molar-refractivity contribution in [1.29, 1.82) is 0 Å². The van der Waals surface area contributed by atoms with Crippen molar-refractivity contribution >= 4 is 0 Å². The van der Waals surface area contributed by atoms with Gasteiger partial charge in [0.05, 0.1) is 13.1 Å². The number of nitrogens with one attached hydrogen (secondary N) is 1. The fourth-order valence-electron chi connectivity index (χ4n) is 3.13. The van der Waals surface area contributed by atoms with Crippen molar-refractivity contribution in [3.63, 3.8) is 0 Å². The van der Waals surface area contributed by atoms with Gasteiger partial charge in [0.1, 0.15) is 0 Å². The normalized spacial score (nSPS) is 22.1. The van der Waals surface area contributed by atoms with E-state index in [2.05, 4.69) is 30.6 Å². The van der Waals surface area contributed by atoms with Crippen molar-refractivity contribution in [3.05, 3.63) is 23.5 Å². The number of rotatable bonds is 7. The summed E-state index contributed by atoms with van der Waals surface area (Å²) in [6.07, 6.45) is 5.47. The quantitative estimate of drug-likeness (QED) is 0.818. The minimum atomic E-state index is 0.424. The molecule has 0 aromatic carbocycles. The average Bonchev–Trinajstić information content (AvgIpc) is 3.17. The van der Waals surface area contributed by atoms with E-state index in [0.29, 0.717) is 30.3 Å². The van der Waals surface area contributed by atoms with Crippen LogP contribution in [0.2, 0.25) is 0 Å². The Balaban J connectivity index is 1.26. The molecule has 1 aliphatic heterocycles. The Morgan fingerprint density at radius 2 is 2.12 bits per heavy atom. The highest BCUT2D eigenvalue weighted by atomic mass is 16.5. The topological polar surface area (TPSA) is 93.1 Å². The largest absolute Gasteiger partial charge is 0.424 e. The smallest absolute Gasteiger partial charge is 0.230 e. The summed E-state index contributed by atoms with van der Waals surface area (Å²) < 4.78 is 10.9. The Kier molecular flexibility index (Phi) is 4.57. The van der Waals surface area contributed by atoms with Crippen molar-refractivity contribution in [1.82, 2.24) is 30.6 Å². The average molecular weight is 332 g/mol. The molecule has 0 radical (unpaired) electrons. The molecule has 0 bridgehead atoms. The maximum Gasteiger partial charge on any atom is 0.230 e. The molecule has 8 nitrogen and oxygen atoms in total. The van der Waals surface area contributed by atoms with E-state index < -0.39 is 0 Å². The number of nitrogens with zero attached hydrogens (tertiary/aromatic N) is 5. The molecule has 8 heteroatoms. The predicted molar refractivity (Wildman–Crippen MR) is 85.1 cm³/mol. The van der Waals surface area contributed by atoms with E-state index in [4.69, 9.17) is 8.94 Å². The Bertz CT molecular complexity index is 665. The first kappa shape index (κ1) is 15.7. The van der Waals surface area contributed by atoms with Crippen molar-refractivity contribution in [2.45, 2.75) is 64.1 Å². The molecular weight excluding hydrogens is 308 g/mol. The standard InChI is InChI=1S/C16H24N6O2/c1-2-14-18-13(21-24-14)10-22-7-3-4-12(9-22)17-8-15-19-20-16(23-15)11-5-6-11/h11-12,17H,2-10H2,1H3/t12-/m1/s1. The van der Waals surface area contributed by atoms with Crippen LogP contribution in [-0.4, -0.2) is 44.4 Å². The maximum atomic E-state index is 5.71. The lowest BCUT2D eigenvalue weighted by Crippen LogP contribution is -2.45. The zero-order chi connectivity index (χ0) is 16.4. The van der Waals surface area contributed by atoms with E-state index in [0.717, 1.165) is 50.6 Å². The molecule has 4 rings (SSSR count). The summed E-state index contributed by atoms with van der Waals surface area (Å²) in [5.41, 5.74) is 0. The number of aromatic nitrogens is 4. The third-order valence-corrected chi connectivity index (χ3v) is 4.63. The summed E-state index contributed by atoms with van der Waals surface area (Å²) in [6.45, 7) is 5.44. The molecule has 1 N–H and O–H groups in total. The molecule has 3 heterocycles. The second-order valence-electron chi connectivity index (χ2n) is 6.72. The first-order valence-electron chi connectivity index (χ1n) is 8.89. The number of aryl methyl sites for hydroxylation is 1. The van der Waals surface area contributed by atoms with Crippen molar-refractivity contribution in [2.75, 3.05) is 13.1 Å². The van der Waals surface area contributed by atoms with Gasteiger partial charge in [-0.05, 0) is 32.2 Å². The summed E-state index contributed by atoms with van der Waals surface area (Å²) in [5, 5.41) is 15.8. The van der Waals surface area contributed by atoms with Crippen LogP contribution in [0.3, 0.4) is 0 Å². The molecule has 0 amide bonds. The zero-order valence-corrected chi connectivity index (χ0v) is 14.1. The molecule has 130 valence electrons. The van der Waals surface area contributed by atoms with Gasteiger partial charge in [0.2, 0.25) is 17.7 Å². The summed E-state index contributed by atoms with van der Waals surface area (Å²) >= 11 is 0. The summed E-state index contributed by atoms with van der Waals surface area (Å²) in [6, 6.07) is 0.424. The van der Waals surface area contributed by atoms with Gasteiger partial charge in [-0.2, -0.15) is 4.98 Å². The fourth-order valence-corrected chi connectivity index (χ4v) is 3.13. The van der Waals surface area contributed by atoms with E-state index >= 15 is 0 Å². The number of piperidine rings is 1. The highest BCUT2D eigenvalue weighted by Crippen LogP contribution is 2.38. The van der Waals surface area contributed by atoms with Crippen LogP contribution in [0.5, 0.6) is 0 Å². The van der Waals surface area contributed by atoms with Gasteiger partial charge in [-0.15, -0.1) is 10.2 Å². The summed E-state index contributed by atoms with van der Waals surface area (Å²) in [4.78, 5) is 6.76. The first-order chi connectivity index (χ1) is 11.8. The van der Waals surface area contributed by atoms with E-state index in [-0.39, 0.29) is 0 Å². The van der Waals surface area contributed by atoms with Crippen molar-refractivity contribution in [3.8, 4) is 0 Å². The lowest BCUT2D eigenvalue weighted by atomic mass is 10.1. The molecule has 2 aliphatic rings. The lowest BCUT2D eigenvalue weighted by Gasteiger charge is -2.32. The molecule has 2 aromatic rings. The van der Waals surface area contributed by atoms with Crippen LogP contribution in [0.15, 0.2) is 8.94 Å². The Morgan fingerprint density at radius 3 is 2.92 bits per heavy atom. The monoisotopic (exact) mass is 332 g/mol. The van der Waals surface area contributed by atoms with Gasteiger partial charge in [-0.3, -0.25) is 4.90 Å².